The van der Waals surface area contributed by atoms with Crippen molar-refractivity contribution in [1.29, 1.82) is 0 Å². The van der Waals surface area contributed by atoms with E-state index in [0.717, 1.165) is 30.4 Å². The van der Waals surface area contributed by atoms with Gasteiger partial charge >= 0.3 is 5.97 Å². The lowest BCUT2D eigenvalue weighted by Crippen LogP contribution is -2.56. The summed E-state index contributed by atoms with van der Waals surface area (Å²) in [6.07, 6.45) is 2.73. The average Bonchev–Trinajstić information content (AvgIpc) is 3.84. The molecule has 11 nitrogen and oxygen atoms in total. The highest BCUT2D eigenvalue weighted by Gasteiger charge is 2.50. The van der Waals surface area contributed by atoms with Gasteiger partial charge in [-0.1, -0.05) is 30.4 Å². The van der Waals surface area contributed by atoms with Crippen LogP contribution in [0.3, 0.4) is 0 Å². The molecule has 3 saturated carbocycles. The van der Waals surface area contributed by atoms with E-state index < -0.39 is 42.7 Å². The molecule has 2 heterocycles. The monoisotopic (exact) mass is 687 g/mol. The fourth-order valence-electron chi connectivity index (χ4n) is 7.42. The Morgan fingerprint density at radius 2 is 1.77 bits per heavy atom. The van der Waals surface area contributed by atoms with Gasteiger partial charge in [-0.05, 0) is 74.1 Å². The molecular weight excluding hydrogens is 647 g/mol. The summed E-state index contributed by atoms with van der Waals surface area (Å²) in [6, 6.07) is 7.53. The number of benzene rings is 1. The third kappa shape index (κ3) is 6.97. The highest BCUT2D eigenvalue weighted by molar-refractivity contribution is 8.26. The standard InChI is InChI=1S/C34H41NO10S2/c1-42-22-11-21(12-23(14-22)43-2)27-13-20(5-3-4-8-44-32(40)34(41)16-25(36)30(38)26(37)17-34)28(45-27)15-29-31(39)35(33(46)47-29)24-10-18-6-7-19(24)9-18/h11-15,18-19,24-26,30,36-38,41H,3-10,16-17H2,1-2H3/t18?,19?,24?,25-,26-,30?,34?/m1/s1. The smallest absolute Gasteiger partial charge is 0.338 e. The second kappa shape index (κ2) is 13.9. The number of methoxy groups -OCH3 is 2. The normalized spacial score (nSPS) is 31.2. The van der Waals surface area contributed by atoms with Crippen LogP contribution in [-0.2, 0) is 20.7 Å². The van der Waals surface area contributed by atoms with E-state index in [2.05, 4.69) is 0 Å². The SMILES string of the molecule is COc1cc(OC)cc(-c2cc(CCCCOC(=O)C3(O)C[C@@H](O)C(O)[C@H](O)C3)c(C=C3SC(=S)N(C4CC5CCC4C5)C3=O)o2)c1. The molecule has 4 aliphatic rings. The predicted octanol–water partition coefficient (Wildman–Crippen LogP) is 3.83. The van der Waals surface area contributed by atoms with Crippen molar-refractivity contribution in [3.63, 3.8) is 0 Å². The average molecular weight is 688 g/mol. The summed E-state index contributed by atoms with van der Waals surface area (Å²) < 4.78 is 23.2. The van der Waals surface area contributed by atoms with E-state index in [1.54, 1.807) is 26.4 Å². The summed E-state index contributed by atoms with van der Waals surface area (Å²) in [4.78, 5) is 28.6. The molecule has 1 aliphatic heterocycles. The number of esters is 1. The van der Waals surface area contributed by atoms with Crippen molar-refractivity contribution in [3.8, 4) is 22.8 Å². The molecule has 6 rings (SSSR count). The summed E-state index contributed by atoms with van der Waals surface area (Å²) in [5, 5.41) is 40.3. The van der Waals surface area contributed by atoms with Crippen LogP contribution in [0.1, 0.15) is 62.7 Å². The zero-order valence-electron chi connectivity index (χ0n) is 26.4. The maximum atomic E-state index is 13.7. The van der Waals surface area contributed by atoms with E-state index in [1.165, 1.54) is 18.2 Å². The number of unbranched alkanes of at least 4 members (excludes halogenated alkanes) is 1. The van der Waals surface area contributed by atoms with Crippen molar-refractivity contribution in [2.24, 2.45) is 11.8 Å². The molecule has 2 aromatic rings. The first-order chi connectivity index (χ1) is 22.5. The number of nitrogens with zero attached hydrogens (tertiary/aromatic N) is 1. The molecule has 13 heteroatoms. The highest BCUT2D eigenvalue weighted by atomic mass is 32.2. The first-order valence-electron chi connectivity index (χ1n) is 16.1. The Bertz CT molecular complexity index is 1520. The Hall–Kier alpha value is -2.94. The molecule has 3 aliphatic carbocycles. The van der Waals surface area contributed by atoms with Crippen molar-refractivity contribution in [2.45, 2.75) is 87.7 Å². The number of thioether (sulfide) groups is 1. The van der Waals surface area contributed by atoms with Crippen molar-refractivity contribution in [3.05, 3.63) is 40.5 Å². The number of rotatable bonds is 11. The van der Waals surface area contributed by atoms with Crippen LogP contribution in [0.25, 0.3) is 17.4 Å². The van der Waals surface area contributed by atoms with Crippen LogP contribution in [0.2, 0.25) is 0 Å². The van der Waals surface area contributed by atoms with E-state index >= 15 is 0 Å². The van der Waals surface area contributed by atoms with Gasteiger partial charge in [0.15, 0.2) is 5.60 Å². The number of ether oxygens (including phenoxy) is 3. The summed E-state index contributed by atoms with van der Waals surface area (Å²) in [7, 11) is 3.14. The molecule has 2 bridgehead atoms. The number of fused-ring (bicyclic) bond motifs is 2. The molecule has 1 saturated heterocycles. The molecule has 1 aromatic heterocycles. The lowest BCUT2D eigenvalue weighted by atomic mass is 9.80. The molecule has 4 N–H and O–H groups in total. The Morgan fingerprint density at radius 1 is 1.06 bits per heavy atom. The second-order valence-electron chi connectivity index (χ2n) is 13.1. The Balaban J connectivity index is 1.17. The van der Waals surface area contributed by atoms with Crippen molar-refractivity contribution < 1.29 is 48.6 Å². The molecule has 4 fully saturated rings. The number of hydrogen-bond donors (Lipinski definition) is 4. The molecule has 1 amide bonds. The minimum Gasteiger partial charge on any atom is -0.497 e. The first-order valence-corrected chi connectivity index (χ1v) is 17.3. The van der Waals surface area contributed by atoms with Gasteiger partial charge in [0.2, 0.25) is 0 Å². The van der Waals surface area contributed by atoms with E-state index in [4.69, 9.17) is 30.8 Å². The van der Waals surface area contributed by atoms with Gasteiger partial charge in [-0.2, -0.15) is 0 Å². The maximum absolute atomic E-state index is 13.7. The van der Waals surface area contributed by atoms with Crippen LogP contribution in [-0.4, -0.2) is 92.3 Å². The van der Waals surface area contributed by atoms with Crippen LogP contribution in [0.15, 0.2) is 33.6 Å². The van der Waals surface area contributed by atoms with Crippen molar-refractivity contribution >= 4 is 46.3 Å². The van der Waals surface area contributed by atoms with Gasteiger partial charge in [-0.3, -0.25) is 9.69 Å². The lowest BCUT2D eigenvalue weighted by Gasteiger charge is -2.38. The number of furan rings is 1. The van der Waals surface area contributed by atoms with Gasteiger partial charge in [0.05, 0.1) is 37.9 Å². The Labute approximate surface area is 282 Å². The number of hydrogen-bond acceptors (Lipinski definition) is 12. The number of amides is 1. The quantitative estimate of drug-likeness (QED) is 0.117. The van der Waals surface area contributed by atoms with Crippen LogP contribution >= 0.6 is 24.0 Å². The van der Waals surface area contributed by atoms with Crippen molar-refractivity contribution in [1.82, 2.24) is 4.90 Å². The zero-order chi connectivity index (χ0) is 33.5. The summed E-state index contributed by atoms with van der Waals surface area (Å²) in [5.41, 5.74) is -0.489. The largest absolute Gasteiger partial charge is 0.497 e. The van der Waals surface area contributed by atoms with Gasteiger partial charge in [0.25, 0.3) is 5.91 Å². The van der Waals surface area contributed by atoms with Gasteiger partial charge < -0.3 is 39.1 Å². The second-order valence-corrected chi connectivity index (χ2v) is 14.7. The molecule has 254 valence electrons. The number of aryl methyl sites for hydroxylation is 1. The van der Waals surface area contributed by atoms with E-state index in [9.17, 15) is 30.0 Å². The van der Waals surface area contributed by atoms with Crippen LogP contribution in [0.5, 0.6) is 11.5 Å². The van der Waals surface area contributed by atoms with E-state index in [-0.39, 0.29) is 18.6 Å². The molecule has 47 heavy (non-hydrogen) atoms. The fourth-order valence-corrected chi connectivity index (χ4v) is 8.77. The molecule has 5 atom stereocenters. The van der Waals surface area contributed by atoms with E-state index in [1.807, 2.05) is 23.1 Å². The number of aliphatic hydroxyl groups excluding tert-OH is 3. The number of carbonyl (C=O) groups excluding carboxylic acids is 2. The number of carbonyl (C=O) groups is 2. The van der Waals surface area contributed by atoms with Gasteiger partial charge in [-0.25, -0.2) is 4.79 Å². The minimum absolute atomic E-state index is 0.00518. The third-order valence-corrected chi connectivity index (χ3v) is 11.3. The molecule has 3 unspecified atom stereocenters. The third-order valence-electron chi connectivity index (χ3n) is 9.93. The van der Waals surface area contributed by atoms with Crippen molar-refractivity contribution in [2.75, 3.05) is 20.8 Å². The highest BCUT2D eigenvalue weighted by Crippen LogP contribution is 2.49. The number of thiocarbonyl (C=S) groups is 1. The van der Waals surface area contributed by atoms with Crippen LogP contribution in [0, 0.1) is 11.8 Å². The summed E-state index contributed by atoms with van der Waals surface area (Å²) in [5.74, 6) is 2.45. The van der Waals surface area contributed by atoms with Gasteiger partial charge in [-0.15, -0.1) is 0 Å². The molecule has 0 radical (unpaired) electrons. The number of aliphatic hydroxyl groups is 4. The minimum atomic E-state index is -2.08. The molecule has 0 spiro atoms. The topological polar surface area (TPSA) is 159 Å². The summed E-state index contributed by atoms with van der Waals surface area (Å²) in [6.45, 7) is 0.00518. The van der Waals surface area contributed by atoms with Gasteiger partial charge in [0.1, 0.15) is 33.4 Å². The first kappa shape index (κ1) is 33.9. The lowest BCUT2D eigenvalue weighted by molar-refractivity contribution is -0.192. The van der Waals surface area contributed by atoms with Gasteiger partial charge in [0, 0.05) is 36.6 Å². The maximum Gasteiger partial charge on any atom is 0.338 e. The molecular formula is C34H41NO10S2. The van der Waals surface area contributed by atoms with E-state index in [0.29, 0.717) is 63.3 Å². The van der Waals surface area contributed by atoms with Crippen LogP contribution < -0.4 is 9.47 Å². The van der Waals surface area contributed by atoms with Crippen LogP contribution in [0.4, 0.5) is 0 Å². The Morgan fingerprint density at radius 3 is 2.38 bits per heavy atom. The Kier molecular flexibility index (Phi) is 10.0. The predicted molar refractivity (Wildman–Crippen MR) is 178 cm³/mol. The molecule has 1 aromatic carbocycles. The zero-order valence-corrected chi connectivity index (χ0v) is 28.1. The summed E-state index contributed by atoms with van der Waals surface area (Å²) >= 11 is 7.00. The fraction of sp³-hybridized carbons (Fsp3) is 0.559.